The number of aromatic nitrogens is 1. The van der Waals surface area contributed by atoms with E-state index < -0.39 is 6.10 Å². The summed E-state index contributed by atoms with van der Waals surface area (Å²) >= 11 is 1.54. The van der Waals surface area contributed by atoms with Gasteiger partial charge in [-0.15, -0.1) is 11.8 Å². The number of rotatable bonds is 8. The van der Waals surface area contributed by atoms with Gasteiger partial charge in [0.2, 0.25) is 0 Å². The summed E-state index contributed by atoms with van der Waals surface area (Å²) in [6.07, 6.45) is 2.31. The van der Waals surface area contributed by atoms with Crippen molar-refractivity contribution in [1.29, 1.82) is 0 Å². The van der Waals surface area contributed by atoms with E-state index >= 15 is 0 Å². The Kier molecular flexibility index (Phi) is 6.74. The molecule has 118 valence electrons. The number of ether oxygens (including phenoxy) is 1. The van der Waals surface area contributed by atoms with Gasteiger partial charge in [0, 0.05) is 11.9 Å². The number of aliphatic hydroxyl groups excluding tert-OH is 1. The Morgan fingerprint density at radius 2 is 1.95 bits per heavy atom. The zero-order valence-electron chi connectivity index (χ0n) is 13.1. The highest BCUT2D eigenvalue weighted by atomic mass is 32.2. The van der Waals surface area contributed by atoms with Crippen molar-refractivity contribution in [2.24, 2.45) is 0 Å². The predicted octanol–water partition coefficient (Wildman–Crippen LogP) is 4.13. The largest absolute Gasteiger partial charge is 0.491 e. The number of hydrogen-bond acceptors (Lipinski definition) is 4. The van der Waals surface area contributed by atoms with Crippen LogP contribution in [0.5, 0.6) is 5.75 Å². The molecule has 0 radical (unpaired) electrons. The summed E-state index contributed by atoms with van der Waals surface area (Å²) < 4.78 is 5.83. The summed E-state index contributed by atoms with van der Waals surface area (Å²) in [4.78, 5) is 4.23. The van der Waals surface area contributed by atoms with Crippen LogP contribution in [0.2, 0.25) is 0 Å². The van der Waals surface area contributed by atoms with Crippen molar-refractivity contribution in [2.75, 3.05) is 12.4 Å². The van der Waals surface area contributed by atoms with Gasteiger partial charge in [-0.1, -0.05) is 38.1 Å². The fourth-order valence-electron chi connectivity index (χ4n) is 2.09. The van der Waals surface area contributed by atoms with Crippen LogP contribution in [0.3, 0.4) is 0 Å². The number of nitrogens with zero attached hydrogens (tertiary/aromatic N) is 1. The number of pyridine rings is 1. The first kappa shape index (κ1) is 16.8. The van der Waals surface area contributed by atoms with E-state index in [-0.39, 0.29) is 0 Å². The summed E-state index contributed by atoms with van der Waals surface area (Å²) in [6.45, 7) is 4.66. The lowest BCUT2D eigenvalue weighted by molar-refractivity contribution is 0.125. The normalized spacial score (nSPS) is 13.6. The third-order valence-electron chi connectivity index (χ3n) is 3.55. The zero-order chi connectivity index (χ0) is 15.8. The number of thioether (sulfide) groups is 1. The molecule has 0 aliphatic carbocycles. The number of para-hydroxylation sites is 1. The molecule has 0 fully saturated rings. The van der Waals surface area contributed by atoms with Crippen LogP contribution in [0.25, 0.3) is 0 Å². The van der Waals surface area contributed by atoms with E-state index in [1.54, 1.807) is 6.20 Å². The molecule has 2 atom stereocenters. The second-order valence-electron chi connectivity index (χ2n) is 5.29. The van der Waals surface area contributed by atoms with Gasteiger partial charge >= 0.3 is 0 Å². The van der Waals surface area contributed by atoms with Crippen LogP contribution in [-0.4, -0.2) is 28.6 Å². The third-order valence-corrected chi connectivity index (χ3v) is 4.64. The molecule has 3 nitrogen and oxygen atoms in total. The standard InChI is InChI=1S/C18H23NO2S/c1-3-14(2)16-8-4-5-9-17(16)21-12-15(20)13-22-18-10-6-7-11-19-18/h4-11,14-15,20H,3,12-13H2,1-2H3/t14-,15-/m1/s1. The van der Waals surface area contributed by atoms with Crippen molar-refractivity contribution >= 4 is 11.8 Å². The minimum atomic E-state index is -0.517. The molecule has 1 aromatic heterocycles. The van der Waals surface area contributed by atoms with Crippen molar-refractivity contribution in [1.82, 2.24) is 4.98 Å². The second kappa shape index (κ2) is 8.81. The van der Waals surface area contributed by atoms with Gasteiger partial charge in [-0.2, -0.15) is 0 Å². The minimum Gasteiger partial charge on any atom is -0.491 e. The van der Waals surface area contributed by atoms with Crippen molar-refractivity contribution in [2.45, 2.75) is 37.3 Å². The Hall–Kier alpha value is -1.52. The number of hydrogen-bond donors (Lipinski definition) is 1. The van der Waals surface area contributed by atoms with E-state index in [0.717, 1.165) is 17.2 Å². The van der Waals surface area contributed by atoms with Crippen LogP contribution in [-0.2, 0) is 0 Å². The first-order valence-electron chi connectivity index (χ1n) is 7.64. The molecule has 0 spiro atoms. The van der Waals surface area contributed by atoms with Crippen molar-refractivity contribution in [3.63, 3.8) is 0 Å². The van der Waals surface area contributed by atoms with Crippen LogP contribution in [0.1, 0.15) is 31.7 Å². The molecule has 0 amide bonds. The summed E-state index contributed by atoms with van der Waals surface area (Å²) in [6, 6.07) is 13.8. The van der Waals surface area contributed by atoms with Crippen LogP contribution in [0.4, 0.5) is 0 Å². The molecule has 22 heavy (non-hydrogen) atoms. The van der Waals surface area contributed by atoms with Gasteiger partial charge in [0.1, 0.15) is 12.4 Å². The van der Waals surface area contributed by atoms with Gasteiger partial charge in [-0.25, -0.2) is 4.98 Å². The van der Waals surface area contributed by atoms with E-state index in [1.165, 1.54) is 17.3 Å². The molecular weight excluding hydrogens is 294 g/mol. The Morgan fingerprint density at radius 3 is 2.68 bits per heavy atom. The van der Waals surface area contributed by atoms with Gasteiger partial charge in [-0.3, -0.25) is 0 Å². The van der Waals surface area contributed by atoms with E-state index in [1.807, 2.05) is 36.4 Å². The molecule has 0 bridgehead atoms. The lowest BCUT2D eigenvalue weighted by Gasteiger charge is -2.17. The van der Waals surface area contributed by atoms with E-state index in [4.69, 9.17) is 4.74 Å². The highest BCUT2D eigenvalue weighted by molar-refractivity contribution is 7.99. The van der Waals surface area contributed by atoms with Gasteiger partial charge in [-0.05, 0) is 36.1 Å². The van der Waals surface area contributed by atoms with Crippen molar-refractivity contribution < 1.29 is 9.84 Å². The highest BCUT2D eigenvalue weighted by Crippen LogP contribution is 2.28. The monoisotopic (exact) mass is 317 g/mol. The molecule has 4 heteroatoms. The minimum absolute atomic E-state index is 0.299. The Balaban J connectivity index is 1.85. The van der Waals surface area contributed by atoms with Crippen LogP contribution in [0.15, 0.2) is 53.7 Å². The second-order valence-corrected chi connectivity index (χ2v) is 6.33. The van der Waals surface area contributed by atoms with Crippen LogP contribution < -0.4 is 4.74 Å². The summed E-state index contributed by atoms with van der Waals surface area (Å²) in [5.74, 6) is 1.90. The predicted molar refractivity (Wildman–Crippen MR) is 91.6 cm³/mol. The molecule has 2 rings (SSSR count). The summed E-state index contributed by atoms with van der Waals surface area (Å²) in [5, 5.41) is 11.0. The Bertz CT molecular complexity index is 562. The molecule has 1 aromatic carbocycles. The fraction of sp³-hybridized carbons (Fsp3) is 0.389. The molecule has 0 saturated carbocycles. The van der Waals surface area contributed by atoms with Crippen LogP contribution >= 0.6 is 11.8 Å². The van der Waals surface area contributed by atoms with Crippen molar-refractivity contribution in [3.8, 4) is 5.75 Å². The number of benzene rings is 1. The third kappa shape index (κ3) is 5.04. The fourth-order valence-corrected chi connectivity index (χ4v) is 2.86. The summed E-state index contributed by atoms with van der Waals surface area (Å²) in [5.41, 5.74) is 1.20. The maximum atomic E-state index is 10.1. The smallest absolute Gasteiger partial charge is 0.122 e. The molecular formula is C18H23NO2S. The van der Waals surface area contributed by atoms with Crippen molar-refractivity contribution in [3.05, 3.63) is 54.2 Å². The highest BCUT2D eigenvalue weighted by Gasteiger charge is 2.12. The average molecular weight is 317 g/mol. The maximum Gasteiger partial charge on any atom is 0.122 e. The van der Waals surface area contributed by atoms with Gasteiger partial charge in [0.05, 0.1) is 11.1 Å². The first-order valence-corrected chi connectivity index (χ1v) is 8.63. The lowest BCUT2D eigenvalue weighted by Crippen LogP contribution is -2.20. The average Bonchev–Trinajstić information content (AvgIpc) is 2.58. The molecule has 0 unspecified atom stereocenters. The lowest BCUT2D eigenvalue weighted by atomic mass is 9.98. The Morgan fingerprint density at radius 1 is 1.18 bits per heavy atom. The maximum absolute atomic E-state index is 10.1. The molecule has 2 aromatic rings. The Labute approximate surface area is 136 Å². The van der Waals surface area contributed by atoms with Crippen LogP contribution in [0, 0.1) is 0 Å². The molecule has 0 saturated heterocycles. The van der Waals surface area contributed by atoms with Gasteiger partial charge in [0.25, 0.3) is 0 Å². The summed E-state index contributed by atoms with van der Waals surface area (Å²) in [7, 11) is 0. The van der Waals surface area contributed by atoms with E-state index in [2.05, 4.69) is 24.9 Å². The molecule has 0 aliphatic rings. The number of aliphatic hydroxyl groups is 1. The van der Waals surface area contributed by atoms with Gasteiger partial charge < -0.3 is 9.84 Å². The zero-order valence-corrected chi connectivity index (χ0v) is 13.9. The van der Waals surface area contributed by atoms with Gasteiger partial charge in [0.15, 0.2) is 0 Å². The van der Waals surface area contributed by atoms with E-state index in [9.17, 15) is 5.11 Å². The SMILES string of the molecule is CC[C@@H](C)c1ccccc1OC[C@@H](O)CSc1ccccn1. The quantitative estimate of drug-likeness (QED) is 0.744. The first-order chi connectivity index (χ1) is 10.7. The molecule has 0 aliphatic heterocycles. The molecule has 1 heterocycles. The van der Waals surface area contributed by atoms with E-state index in [0.29, 0.717) is 18.3 Å². The molecule has 1 N–H and O–H groups in total. The topological polar surface area (TPSA) is 42.4 Å².